The highest BCUT2D eigenvalue weighted by Gasteiger charge is 2.28. The Kier molecular flexibility index (Phi) is 4.37. The molecule has 0 radical (unpaired) electrons. The van der Waals surface area contributed by atoms with Crippen molar-refractivity contribution < 1.29 is 9.53 Å². The molecule has 6 nitrogen and oxygen atoms in total. The first-order valence-corrected chi connectivity index (χ1v) is 9.42. The number of methoxy groups -OCH3 is 1. The number of fused-ring (bicyclic) bond motifs is 1. The predicted octanol–water partition coefficient (Wildman–Crippen LogP) is 2.45. The molecule has 1 atom stereocenters. The van der Waals surface area contributed by atoms with E-state index in [-0.39, 0.29) is 5.97 Å². The van der Waals surface area contributed by atoms with Gasteiger partial charge in [-0.25, -0.2) is 4.79 Å². The molecule has 7 heteroatoms. The summed E-state index contributed by atoms with van der Waals surface area (Å²) in [6.07, 6.45) is 4.63. The molecule has 1 unspecified atom stereocenters. The minimum Gasteiger partial charge on any atom is -0.465 e. The Bertz CT molecular complexity index is 739. The molecule has 1 fully saturated rings. The van der Waals surface area contributed by atoms with E-state index in [1.807, 2.05) is 6.07 Å². The summed E-state index contributed by atoms with van der Waals surface area (Å²) < 4.78 is 7.12. The molecule has 4 heterocycles. The van der Waals surface area contributed by atoms with Gasteiger partial charge in [-0.1, -0.05) is 0 Å². The van der Waals surface area contributed by atoms with Gasteiger partial charge in [0.05, 0.1) is 7.11 Å². The summed E-state index contributed by atoms with van der Waals surface area (Å²) in [5.74, 6) is 2.55. The standard InChI is InChI=1S/C17H22N4O2S/c1-23-17(22)14-8-12(11-24-14)9-20-6-2-4-13(10-20)16-19-18-15-5-3-7-21(15)16/h8,11,13H,2-7,9-10H2,1H3. The number of hydrogen-bond acceptors (Lipinski definition) is 6. The van der Waals surface area contributed by atoms with E-state index in [1.165, 1.54) is 49.1 Å². The second kappa shape index (κ2) is 6.64. The Balaban J connectivity index is 1.43. The predicted molar refractivity (Wildman–Crippen MR) is 91.3 cm³/mol. The number of likely N-dealkylation sites (tertiary alicyclic amines) is 1. The topological polar surface area (TPSA) is 60.2 Å². The number of thiophene rings is 1. The average molecular weight is 346 g/mol. The van der Waals surface area contributed by atoms with Crippen LogP contribution in [0.15, 0.2) is 11.4 Å². The summed E-state index contributed by atoms with van der Waals surface area (Å²) in [5.41, 5.74) is 1.19. The molecule has 128 valence electrons. The first-order chi connectivity index (χ1) is 11.7. The van der Waals surface area contributed by atoms with Gasteiger partial charge in [0.15, 0.2) is 0 Å². The van der Waals surface area contributed by atoms with Crippen LogP contribution in [0.3, 0.4) is 0 Å². The van der Waals surface area contributed by atoms with Gasteiger partial charge in [-0.3, -0.25) is 4.90 Å². The first-order valence-electron chi connectivity index (χ1n) is 8.54. The van der Waals surface area contributed by atoms with Gasteiger partial charge in [-0.15, -0.1) is 21.5 Å². The van der Waals surface area contributed by atoms with E-state index in [0.717, 1.165) is 38.4 Å². The zero-order chi connectivity index (χ0) is 16.5. The van der Waals surface area contributed by atoms with E-state index in [2.05, 4.69) is 25.0 Å². The fraction of sp³-hybridized carbons (Fsp3) is 0.588. The summed E-state index contributed by atoms with van der Waals surface area (Å²) >= 11 is 1.46. The van der Waals surface area contributed by atoms with Crippen LogP contribution in [0, 0.1) is 0 Å². The zero-order valence-corrected chi connectivity index (χ0v) is 14.7. The van der Waals surface area contributed by atoms with Crippen molar-refractivity contribution in [3.63, 3.8) is 0 Å². The van der Waals surface area contributed by atoms with Crippen molar-refractivity contribution in [1.29, 1.82) is 0 Å². The minimum atomic E-state index is -0.248. The van der Waals surface area contributed by atoms with Gasteiger partial charge in [-0.05, 0) is 42.8 Å². The molecule has 0 spiro atoms. The maximum Gasteiger partial charge on any atom is 0.348 e. The fourth-order valence-electron chi connectivity index (χ4n) is 3.81. The van der Waals surface area contributed by atoms with Crippen LogP contribution in [0.2, 0.25) is 0 Å². The fourth-order valence-corrected chi connectivity index (χ4v) is 4.63. The Hall–Kier alpha value is -1.73. The van der Waals surface area contributed by atoms with Crippen molar-refractivity contribution in [1.82, 2.24) is 19.7 Å². The molecular weight excluding hydrogens is 324 g/mol. The van der Waals surface area contributed by atoms with E-state index in [0.29, 0.717) is 10.8 Å². The molecule has 0 aromatic carbocycles. The Labute approximate surface area is 145 Å². The van der Waals surface area contributed by atoms with Crippen LogP contribution in [0.25, 0.3) is 0 Å². The second-order valence-electron chi connectivity index (χ2n) is 6.61. The molecule has 0 aliphatic carbocycles. The number of aromatic nitrogens is 3. The smallest absolute Gasteiger partial charge is 0.348 e. The van der Waals surface area contributed by atoms with Gasteiger partial charge in [0.1, 0.15) is 16.5 Å². The largest absolute Gasteiger partial charge is 0.465 e. The van der Waals surface area contributed by atoms with Crippen LogP contribution in [-0.2, 0) is 24.2 Å². The van der Waals surface area contributed by atoms with Gasteiger partial charge < -0.3 is 9.30 Å². The van der Waals surface area contributed by atoms with Crippen molar-refractivity contribution >= 4 is 17.3 Å². The number of carbonyl (C=O) groups is 1. The lowest BCUT2D eigenvalue weighted by Gasteiger charge is -2.32. The molecule has 0 saturated carbocycles. The highest BCUT2D eigenvalue weighted by Crippen LogP contribution is 2.29. The number of ether oxygens (including phenoxy) is 1. The van der Waals surface area contributed by atoms with Crippen molar-refractivity contribution in [2.24, 2.45) is 0 Å². The number of hydrogen-bond donors (Lipinski definition) is 0. The molecule has 0 amide bonds. The van der Waals surface area contributed by atoms with Crippen LogP contribution < -0.4 is 0 Å². The molecule has 0 N–H and O–H groups in total. The van der Waals surface area contributed by atoms with E-state index in [1.54, 1.807) is 0 Å². The van der Waals surface area contributed by atoms with Gasteiger partial charge in [0.2, 0.25) is 0 Å². The number of rotatable bonds is 4. The summed E-state index contributed by atoms with van der Waals surface area (Å²) in [6, 6.07) is 1.95. The van der Waals surface area contributed by atoms with Crippen molar-refractivity contribution in [2.45, 2.75) is 44.7 Å². The molecule has 2 aliphatic rings. The molecule has 1 saturated heterocycles. The molecule has 24 heavy (non-hydrogen) atoms. The summed E-state index contributed by atoms with van der Waals surface area (Å²) in [5, 5.41) is 10.9. The minimum absolute atomic E-state index is 0.248. The van der Waals surface area contributed by atoms with Crippen LogP contribution >= 0.6 is 11.3 Å². The normalized spacial score (nSPS) is 21.0. The van der Waals surface area contributed by atoms with Crippen LogP contribution in [0.4, 0.5) is 0 Å². The third-order valence-electron chi connectivity index (χ3n) is 4.96. The lowest BCUT2D eigenvalue weighted by atomic mass is 9.97. The molecule has 2 aliphatic heterocycles. The monoisotopic (exact) mass is 346 g/mol. The molecule has 0 bridgehead atoms. The van der Waals surface area contributed by atoms with Gasteiger partial charge in [0.25, 0.3) is 0 Å². The number of aryl methyl sites for hydroxylation is 1. The summed E-state index contributed by atoms with van der Waals surface area (Å²) in [4.78, 5) is 14.7. The molecular formula is C17H22N4O2S. The quantitative estimate of drug-likeness (QED) is 0.796. The third kappa shape index (κ3) is 2.98. The van der Waals surface area contributed by atoms with Crippen molar-refractivity contribution in [3.8, 4) is 0 Å². The Morgan fingerprint density at radius 3 is 3.17 bits per heavy atom. The second-order valence-corrected chi connectivity index (χ2v) is 7.53. The van der Waals surface area contributed by atoms with E-state index in [9.17, 15) is 4.79 Å². The number of nitrogens with zero attached hydrogens (tertiary/aromatic N) is 4. The maximum absolute atomic E-state index is 11.6. The third-order valence-corrected chi connectivity index (χ3v) is 5.91. The van der Waals surface area contributed by atoms with Crippen molar-refractivity contribution in [3.05, 3.63) is 33.5 Å². The SMILES string of the molecule is COC(=O)c1cc(CN2CCCC(c3nnc4n3CCC4)C2)cs1. The molecule has 2 aromatic heterocycles. The zero-order valence-electron chi connectivity index (χ0n) is 13.9. The Morgan fingerprint density at radius 2 is 2.29 bits per heavy atom. The number of carbonyl (C=O) groups excluding carboxylic acids is 1. The summed E-state index contributed by atoms with van der Waals surface area (Å²) in [7, 11) is 1.42. The number of piperidine rings is 1. The lowest BCUT2D eigenvalue weighted by Crippen LogP contribution is -2.34. The molecule has 4 rings (SSSR count). The van der Waals surface area contributed by atoms with Gasteiger partial charge in [0, 0.05) is 32.0 Å². The summed E-state index contributed by atoms with van der Waals surface area (Å²) in [6.45, 7) is 4.06. The first kappa shape index (κ1) is 15.8. The van der Waals surface area contributed by atoms with Gasteiger partial charge in [-0.2, -0.15) is 0 Å². The molecule has 2 aromatic rings. The van der Waals surface area contributed by atoms with E-state index < -0.39 is 0 Å². The maximum atomic E-state index is 11.6. The van der Waals surface area contributed by atoms with E-state index in [4.69, 9.17) is 4.74 Å². The van der Waals surface area contributed by atoms with Gasteiger partial charge >= 0.3 is 5.97 Å². The average Bonchev–Trinajstić information content (AvgIpc) is 3.30. The number of esters is 1. The van der Waals surface area contributed by atoms with Crippen molar-refractivity contribution in [2.75, 3.05) is 20.2 Å². The highest BCUT2D eigenvalue weighted by atomic mass is 32.1. The van der Waals surface area contributed by atoms with E-state index >= 15 is 0 Å². The lowest BCUT2D eigenvalue weighted by molar-refractivity contribution is 0.0606. The van der Waals surface area contributed by atoms with Crippen LogP contribution in [0.5, 0.6) is 0 Å². The van der Waals surface area contributed by atoms with Crippen LogP contribution in [-0.4, -0.2) is 45.8 Å². The Morgan fingerprint density at radius 1 is 1.38 bits per heavy atom. The van der Waals surface area contributed by atoms with Crippen LogP contribution in [0.1, 0.15) is 52.1 Å². The highest BCUT2D eigenvalue weighted by molar-refractivity contribution is 7.12.